The normalized spacial score (nSPS) is 25.2. The number of nitrogens with zero attached hydrogens (tertiary/aromatic N) is 3. The second kappa shape index (κ2) is 5.76. The maximum absolute atomic E-state index is 12.7. The number of nitrogens with one attached hydrogen (secondary N) is 1. The summed E-state index contributed by atoms with van der Waals surface area (Å²) in [6.45, 7) is 5.03. The molecule has 4 rings (SSSR count). The largest absolute Gasteiger partial charge is 0.336 e. The lowest BCUT2D eigenvalue weighted by Gasteiger charge is -2.14. The molecule has 2 aromatic rings. The van der Waals surface area contributed by atoms with E-state index in [1.54, 1.807) is 4.57 Å². The quantitative estimate of drug-likeness (QED) is 0.857. The number of H-pyrrole nitrogens is 1. The van der Waals surface area contributed by atoms with Crippen LogP contribution in [0.15, 0.2) is 21.7 Å². The number of imidazole rings is 1. The monoisotopic (exact) mass is 328 g/mol. The highest BCUT2D eigenvalue weighted by Gasteiger charge is 2.38. The Morgan fingerprint density at radius 2 is 1.88 bits per heavy atom. The van der Waals surface area contributed by atoms with Crippen molar-refractivity contribution in [3.63, 3.8) is 0 Å². The van der Waals surface area contributed by atoms with E-state index in [9.17, 15) is 9.59 Å². The van der Waals surface area contributed by atoms with Crippen LogP contribution in [0.3, 0.4) is 0 Å². The fourth-order valence-corrected chi connectivity index (χ4v) is 4.30. The molecule has 0 aliphatic heterocycles. The standard InChI is InChI=1S/C18H24N4O2/c1-3-7-21-16-14(17(23)22(8-4-2)18(21)24)19-15(20-16)13-10-11-5-6-12(13)9-11/h5-6,11-13H,3-4,7-10H2,1-2H3,(H,19,20)/t11?,12?,13-/m0/s1. The first kappa shape index (κ1) is 15.4. The van der Waals surface area contributed by atoms with Gasteiger partial charge >= 0.3 is 5.69 Å². The van der Waals surface area contributed by atoms with Gasteiger partial charge in [0.15, 0.2) is 5.65 Å². The molecule has 6 nitrogen and oxygen atoms in total. The van der Waals surface area contributed by atoms with Crippen molar-refractivity contribution in [1.29, 1.82) is 0 Å². The van der Waals surface area contributed by atoms with Gasteiger partial charge in [-0.15, -0.1) is 0 Å². The minimum atomic E-state index is -0.235. The minimum absolute atomic E-state index is 0.234. The third kappa shape index (κ3) is 2.19. The highest BCUT2D eigenvalue weighted by Crippen LogP contribution is 2.48. The second-order valence-corrected chi connectivity index (χ2v) is 7.10. The summed E-state index contributed by atoms with van der Waals surface area (Å²) in [5, 5.41) is 0. The van der Waals surface area contributed by atoms with Crippen molar-refractivity contribution in [1.82, 2.24) is 19.1 Å². The van der Waals surface area contributed by atoms with Gasteiger partial charge in [0.05, 0.1) is 0 Å². The Morgan fingerprint density at radius 3 is 2.50 bits per heavy atom. The van der Waals surface area contributed by atoms with E-state index in [0.717, 1.165) is 25.1 Å². The van der Waals surface area contributed by atoms with Gasteiger partial charge in [0.25, 0.3) is 5.56 Å². The van der Waals surface area contributed by atoms with Gasteiger partial charge in [0, 0.05) is 19.0 Å². The molecule has 128 valence electrons. The number of rotatable bonds is 5. The zero-order valence-corrected chi connectivity index (χ0v) is 14.3. The molecule has 0 saturated heterocycles. The summed E-state index contributed by atoms with van der Waals surface area (Å²) in [5.74, 6) is 2.37. The minimum Gasteiger partial charge on any atom is -0.336 e. The number of aromatic amines is 1. The van der Waals surface area contributed by atoms with Gasteiger partial charge in [0.2, 0.25) is 0 Å². The Bertz CT molecular complexity index is 917. The number of fused-ring (bicyclic) bond motifs is 3. The summed E-state index contributed by atoms with van der Waals surface area (Å²) < 4.78 is 3.01. The fraction of sp³-hybridized carbons (Fsp3) is 0.611. The lowest BCUT2D eigenvalue weighted by molar-refractivity contribution is 0.552. The summed E-state index contributed by atoms with van der Waals surface area (Å²) in [6.07, 6.45) is 8.43. The molecule has 0 radical (unpaired) electrons. The van der Waals surface area contributed by atoms with E-state index < -0.39 is 0 Å². The molecule has 0 spiro atoms. The molecule has 2 bridgehead atoms. The van der Waals surface area contributed by atoms with E-state index in [0.29, 0.717) is 42.0 Å². The van der Waals surface area contributed by atoms with E-state index in [4.69, 9.17) is 4.98 Å². The molecule has 2 unspecified atom stereocenters. The molecule has 0 aromatic carbocycles. The maximum atomic E-state index is 12.7. The van der Waals surface area contributed by atoms with Crippen molar-refractivity contribution in [2.45, 2.75) is 58.5 Å². The first-order valence-corrected chi connectivity index (χ1v) is 9.05. The van der Waals surface area contributed by atoms with Crippen LogP contribution in [0.25, 0.3) is 11.2 Å². The molecule has 2 heterocycles. The van der Waals surface area contributed by atoms with Crippen LogP contribution in [-0.2, 0) is 13.1 Å². The highest BCUT2D eigenvalue weighted by molar-refractivity contribution is 5.70. The molecular weight excluding hydrogens is 304 g/mol. The highest BCUT2D eigenvalue weighted by atomic mass is 16.2. The van der Waals surface area contributed by atoms with Crippen molar-refractivity contribution in [3.05, 3.63) is 38.8 Å². The first-order chi connectivity index (χ1) is 11.6. The predicted octanol–water partition coefficient (Wildman–Crippen LogP) is 2.39. The van der Waals surface area contributed by atoms with E-state index in [-0.39, 0.29) is 11.2 Å². The molecule has 3 atom stereocenters. The molecule has 1 N–H and O–H groups in total. The second-order valence-electron chi connectivity index (χ2n) is 7.10. The predicted molar refractivity (Wildman–Crippen MR) is 93.3 cm³/mol. The molecule has 6 heteroatoms. The van der Waals surface area contributed by atoms with Crippen molar-refractivity contribution in [2.75, 3.05) is 0 Å². The third-order valence-electron chi connectivity index (χ3n) is 5.40. The average Bonchev–Trinajstić information content (AvgIpc) is 3.29. The summed E-state index contributed by atoms with van der Waals surface area (Å²) in [4.78, 5) is 33.4. The lowest BCUT2D eigenvalue weighted by atomic mass is 9.93. The average molecular weight is 328 g/mol. The number of aromatic nitrogens is 4. The Kier molecular flexibility index (Phi) is 3.70. The van der Waals surface area contributed by atoms with Gasteiger partial charge in [0.1, 0.15) is 11.3 Å². The summed E-state index contributed by atoms with van der Waals surface area (Å²) in [7, 11) is 0. The topological polar surface area (TPSA) is 72.7 Å². The number of hydrogen-bond acceptors (Lipinski definition) is 3. The van der Waals surface area contributed by atoms with Crippen LogP contribution in [0, 0.1) is 11.8 Å². The van der Waals surface area contributed by atoms with Gasteiger partial charge in [-0.05, 0) is 37.5 Å². The fourth-order valence-electron chi connectivity index (χ4n) is 4.30. The molecule has 1 saturated carbocycles. The number of hydrogen-bond donors (Lipinski definition) is 1. The number of allylic oxidation sites excluding steroid dienone is 2. The van der Waals surface area contributed by atoms with Gasteiger partial charge in [-0.3, -0.25) is 13.9 Å². The van der Waals surface area contributed by atoms with E-state index in [1.165, 1.54) is 11.0 Å². The summed E-state index contributed by atoms with van der Waals surface area (Å²) >= 11 is 0. The Labute approximate surface area is 140 Å². The molecule has 2 aliphatic carbocycles. The maximum Gasteiger partial charge on any atom is 0.332 e. The van der Waals surface area contributed by atoms with Crippen LogP contribution in [0.5, 0.6) is 0 Å². The lowest BCUT2D eigenvalue weighted by Crippen LogP contribution is -2.40. The first-order valence-electron chi connectivity index (χ1n) is 9.05. The molecule has 1 fully saturated rings. The van der Waals surface area contributed by atoms with Crippen LogP contribution in [-0.4, -0.2) is 19.1 Å². The van der Waals surface area contributed by atoms with Crippen LogP contribution in [0.2, 0.25) is 0 Å². The van der Waals surface area contributed by atoms with Gasteiger partial charge in [-0.1, -0.05) is 26.0 Å². The van der Waals surface area contributed by atoms with Crippen molar-refractivity contribution < 1.29 is 0 Å². The van der Waals surface area contributed by atoms with Crippen LogP contribution in [0.1, 0.15) is 51.3 Å². The summed E-state index contributed by atoms with van der Waals surface area (Å²) in [5.41, 5.74) is 0.544. The van der Waals surface area contributed by atoms with Gasteiger partial charge in [-0.2, -0.15) is 0 Å². The van der Waals surface area contributed by atoms with E-state index >= 15 is 0 Å². The molecule has 0 amide bonds. The Hall–Kier alpha value is -2.11. The third-order valence-corrected chi connectivity index (χ3v) is 5.40. The van der Waals surface area contributed by atoms with Crippen LogP contribution in [0.4, 0.5) is 0 Å². The smallest absolute Gasteiger partial charge is 0.332 e. The Balaban J connectivity index is 1.90. The molecular formula is C18H24N4O2. The molecule has 2 aromatic heterocycles. The molecule has 2 aliphatic rings. The summed E-state index contributed by atoms with van der Waals surface area (Å²) in [6, 6.07) is 0. The van der Waals surface area contributed by atoms with Gasteiger partial charge < -0.3 is 4.98 Å². The Morgan fingerprint density at radius 1 is 1.12 bits per heavy atom. The van der Waals surface area contributed by atoms with Crippen LogP contribution < -0.4 is 11.2 Å². The van der Waals surface area contributed by atoms with Crippen LogP contribution >= 0.6 is 0 Å². The van der Waals surface area contributed by atoms with Crippen molar-refractivity contribution in [3.8, 4) is 0 Å². The van der Waals surface area contributed by atoms with Gasteiger partial charge in [-0.25, -0.2) is 9.78 Å². The van der Waals surface area contributed by atoms with Crippen molar-refractivity contribution >= 4 is 11.2 Å². The number of aryl methyl sites for hydroxylation is 1. The molecule has 24 heavy (non-hydrogen) atoms. The zero-order chi connectivity index (χ0) is 16.8. The SMILES string of the molecule is CCCn1c(=O)c2[nH]c([C@H]3CC4C=CC3C4)nc2n(CCC)c1=O. The van der Waals surface area contributed by atoms with Crippen molar-refractivity contribution in [2.24, 2.45) is 11.8 Å². The van der Waals surface area contributed by atoms with E-state index in [2.05, 4.69) is 17.1 Å². The zero-order valence-electron chi connectivity index (χ0n) is 14.3. The van der Waals surface area contributed by atoms with E-state index in [1.807, 2.05) is 13.8 Å².